The van der Waals surface area contributed by atoms with Crippen molar-refractivity contribution in [2.75, 3.05) is 0 Å². The van der Waals surface area contributed by atoms with Crippen LogP contribution in [0.2, 0.25) is 0 Å². The first-order valence-corrected chi connectivity index (χ1v) is 9.97. The molecule has 0 amide bonds. The first-order chi connectivity index (χ1) is 13.9. The SMILES string of the molecule is Cn1ncc(-c2nc(-c3cccc(S(N)(=O)=O)c3)no2)c1COc1cccnc1. The highest BCUT2D eigenvalue weighted by atomic mass is 32.2. The minimum absolute atomic E-state index is 0.0340. The quantitative estimate of drug-likeness (QED) is 0.505. The second kappa shape index (κ2) is 7.45. The molecule has 148 valence electrons. The first-order valence-electron chi connectivity index (χ1n) is 8.43. The van der Waals surface area contributed by atoms with E-state index in [1.54, 1.807) is 54.6 Å². The number of aryl methyl sites for hydroxylation is 1. The maximum absolute atomic E-state index is 11.6. The number of ether oxygens (including phenoxy) is 1. The van der Waals surface area contributed by atoms with Gasteiger partial charge >= 0.3 is 0 Å². The summed E-state index contributed by atoms with van der Waals surface area (Å²) in [5.74, 6) is 1.08. The molecule has 0 aliphatic carbocycles. The molecule has 0 saturated heterocycles. The molecule has 0 fully saturated rings. The molecule has 3 heterocycles. The number of hydrogen-bond acceptors (Lipinski definition) is 8. The van der Waals surface area contributed by atoms with Gasteiger partial charge in [0.25, 0.3) is 5.89 Å². The summed E-state index contributed by atoms with van der Waals surface area (Å²) in [6.07, 6.45) is 4.87. The predicted octanol–water partition coefficient (Wildman–Crippen LogP) is 1.76. The van der Waals surface area contributed by atoms with Crippen LogP contribution in [0.15, 0.2) is 64.4 Å². The molecular weight excluding hydrogens is 396 g/mol. The van der Waals surface area contributed by atoms with Crippen molar-refractivity contribution >= 4 is 10.0 Å². The van der Waals surface area contributed by atoms with E-state index in [1.165, 1.54) is 12.1 Å². The van der Waals surface area contributed by atoms with Crippen molar-refractivity contribution in [3.63, 3.8) is 0 Å². The Hall–Kier alpha value is -3.57. The monoisotopic (exact) mass is 412 g/mol. The topological polar surface area (TPSA) is 139 Å². The molecule has 0 aliphatic rings. The number of rotatable bonds is 6. The average Bonchev–Trinajstić information content (AvgIpc) is 3.33. The zero-order valence-electron chi connectivity index (χ0n) is 15.3. The van der Waals surface area contributed by atoms with Gasteiger partial charge in [-0.2, -0.15) is 10.1 Å². The summed E-state index contributed by atoms with van der Waals surface area (Å²) in [4.78, 5) is 8.34. The van der Waals surface area contributed by atoms with Crippen LogP contribution in [0.5, 0.6) is 5.75 Å². The van der Waals surface area contributed by atoms with Gasteiger partial charge in [0.1, 0.15) is 12.4 Å². The lowest BCUT2D eigenvalue weighted by molar-refractivity contribution is 0.293. The highest BCUT2D eigenvalue weighted by Gasteiger charge is 2.19. The van der Waals surface area contributed by atoms with Crippen molar-refractivity contribution in [3.8, 4) is 28.6 Å². The average molecular weight is 412 g/mol. The Morgan fingerprint density at radius 3 is 2.83 bits per heavy atom. The third-order valence-electron chi connectivity index (χ3n) is 4.15. The lowest BCUT2D eigenvalue weighted by atomic mass is 10.2. The van der Waals surface area contributed by atoms with Crippen LogP contribution >= 0.6 is 0 Å². The summed E-state index contributed by atoms with van der Waals surface area (Å²) < 4.78 is 35.9. The number of nitrogens with zero attached hydrogens (tertiary/aromatic N) is 5. The molecule has 0 aliphatic heterocycles. The Balaban J connectivity index is 1.62. The van der Waals surface area contributed by atoms with E-state index >= 15 is 0 Å². The Kier molecular flexibility index (Phi) is 4.82. The van der Waals surface area contributed by atoms with E-state index in [9.17, 15) is 8.42 Å². The van der Waals surface area contributed by atoms with Gasteiger partial charge in [0.05, 0.1) is 28.5 Å². The van der Waals surface area contributed by atoms with Crippen molar-refractivity contribution in [2.24, 2.45) is 12.2 Å². The molecule has 3 aromatic heterocycles. The third-order valence-corrected chi connectivity index (χ3v) is 5.06. The van der Waals surface area contributed by atoms with Crippen molar-refractivity contribution in [2.45, 2.75) is 11.5 Å². The second-order valence-corrected chi connectivity index (χ2v) is 7.66. The fourth-order valence-electron chi connectivity index (χ4n) is 2.66. The van der Waals surface area contributed by atoms with Gasteiger partial charge < -0.3 is 9.26 Å². The smallest absolute Gasteiger partial charge is 0.261 e. The molecule has 0 radical (unpaired) electrons. The normalized spacial score (nSPS) is 11.5. The number of pyridine rings is 1. The lowest BCUT2D eigenvalue weighted by Crippen LogP contribution is -2.11. The number of primary sulfonamides is 1. The molecule has 1 aromatic carbocycles. The van der Waals surface area contributed by atoms with Gasteiger partial charge in [-0.1, -0.05) is 17.3 Å². The molecular formula is C18H16N6O4S. The molecule has 4 aromatic rings. The van der Waals surface area contributed by atoms with Crippen LogP contribution in [0.4, 0.5) is 0 Å². The van der Waals surface area contributed by atoms with E-state index < -0.39 is 10.0 Å². The largest absolute Gasteiger partial charge is 0.486 e. The summed E-state index contributed by atoms with van der Waals surface area (Å²) in [5.41, 5.74) is 1.80. The van der Waals surface area contributed by atoms with Gasteiger partial charge in [-0.25, -0.2) is 13.6 Å². The van der Waals surface area contributed by atoms with Gasteiger partial charge in [-0.15, -0.1) is 0 Å². The summed E-state index contributed by atoms with van der Waals surface area (Å²) >= 11 is 0. The van der Waals surface area contributed by atoms with Crippen LogP contribution in [0.1, 0.15) is 5.69 Å². The van der Waals surface area contributed by atoms with Crippen molar-refractivity contribution in [1.29, 1.82) is 0 Å². The third kappa shape index (κ3) is 4.00. The molecule has 2 N–H and O–H groups in total. The van der Waals surface area contributed by atoms with Crippen LogP contribution < -0.4 is 9.88 Å². The fourth-order valence-corrected chi connectivity index (χ4v) is 3.22. The highest BCUT2D eigenvalue weighted by Crippen LogP contribution is 2.26. The van der Waals surface area contributed by atoms with E-state index in [0.29, 0.717) is 16.9 Å². The fraction of sp³-hybridized carbons (Fsp3) is 0.111. The molecule has 0 spiro atoms. The molecule has 10 nitrogen and oxygen atoms in total. The van der Waals surface area contributed by atoms with Crippen LogP contribution in [0.3, 0.4) is 0 Å². The first kappa shape index (κ1) is 18.8. The number of sulfonamides is 1. The van der Waals surface area contributed by atoms with Crippen molar-refractivity contribution in [3.05, 3.63) is 60.7 Å². The molecule has 29 heavy (non-hydrogen) atoms. The van der Waals surface area contributed by atoms with Gasteiger partial charge in [0.15, 0.2) is 0 Å². The van der Waals surface area contributed by atoms with Gasteiger partial charge in [0.2, 0.25) is 15.8 Å². The number of benzene rings is 1. The lowest BCUT2D eigenvalue weighted by Gasteiger charge is -2.07. The van der Waals surface area contributed by atoms with Gasteiger partial charge in [0, 0.05) is 18.8 Å². The summed E-state index contributed by atoms with van der Waals surface area (Å²) in [6.45, 7) is 0.218. The number of nitrogens with two attached hydrogens (primary N) is 1. The molecule has 4 rings (SSSR count). The van der Waals surface area contributed by atoms with Crippen LogP contribution in [0.25, 0.3) is 22.8 Å². The number of hydrogen-bond donors (Lipinski definition) is 1. The van der Waals surface area contributed by atoms with E-state index in [0.717, 1.165) is 5.69 Å². The van der Waals surface area contributed by atoms with Crippen LogP contribution in [0, 0.1) is 0 Å². The van der Waals surface area contributed by atoms with Gasteiger partial charge in [-0.3, -0.25) is 9.67 Å². The maximum Gasteiger partial charge on any atom is 0.261 e. The molecule has 0 atom stereocenters. The molecule has 0 bridgehead atoms. The minimum atomic E-state index is -3.84. The minimum Gasteiger partial charge on any atom is -0.486 e. The highest BCUT2D eigenvalue weighted by molar-refractivity contribution is 7.89. The maximum atomic E-state index is 11.6. The number of aromatic nitrogens is 5. The summed E-state index contributed by atoms with van der Waals surface area (Å²) in [5, 5.41) is 13.4. The van der Waals surface area contributed by atoms with Crippen LogP contribution in [-0.2, 0) is 23.7 Å². The van der Waals surface area contributed by atoms with Gasteiger partial charge in [-0.05, 0) is 24.3 Å². The van der Waals surface area contributed by atoms with E-state index in [1.807, 2.05) is 0 Å². The zero-order chi connectivity index (χ0) is 20.4. The van der Waals surface area contributed by atoms with E-state index in [-0.39, 0.29) is 23.2 Å². The van der Waals surface area contributed by atoms with E-state index in [4.69, 9.17) is 14.4 Å². The summed E-state index contributed by atoms with van der Waals surface area (Å²) in [7, 11) is -2.06. The zero-order valence-corrected chi connectivity index (χ0v) is 16.1. The molecule has 0 saturated carbocycles. The second-order valence-electron chi connectivity index (χ2n) is 6.10. The Labute approximate surface area is 166 Å². The Morgan fingerprint density at radius 1 is 1.21 bits per heavy atom. The summed E-state index contributed by atoms with van der Waals surface area (Å²) in [6, 6.07) is 9.58. The predicted molar refractivity (Wildman–Crippen MR) is 102 cm³/mol. The van der Waals surface area contributed by atoms with Crippen molar-refractivity contribution in [1.82, 2.24) is 24.9 Å². The Bertz CT molecular complexity index is 1250. The Morgan fingerprint density at radius 2 is 2.07 bits per heavy atom. The molecule has 0 unspecified atom stereocenters. The van der Waals surface area contributed by atoms with Crippen molar-refractivity contribution < 1.29 is 17.7 Å². The van der Waals surface area contributed by atoms with E-state index in [2.05, 4.69) is 20.2 Å². The molecule has 11 heteroatoms. The van der Waals surface area contributed by atoms with Crippen LogP contribution in [-0.4, -0.2) is 33.3 Å². The standard InChI is InChI=1S/C18H16N6O4S/c1-24-16(11-27-13-5-3-7-20-9-13)15(10-21-24)18-22-17(23-28-18)12-4-2-6-14(8-12)29(19,25)26/h2-10H,11H2,1H3,(H2,19,25,26).